The smallest absolute Gasteiger partial charge is 0.258 e. The summed E-state index contributed by atoms with van der Waals surface area (Å²) in [5.74, 6) is 0.687. The van der Waals surface area contributed by atoms with Crippen molar-refractivity contribution >= 4 is 5.91 Å². The number of pyridine rings is 2. The number of nitrogens with zero attached hydrogens (tertiary/aromatic N) is 2. The Hall–Kier alpha value is -2.47. The van der Waals surface area contributed by atoms with Gasteiger partial charge in [-0.05, 0) is 55.0 Å². The lowest BCUT2D eigenvalue weighted by Crippen LogP contribution is -2.49. The molecule has 3 rings (SSSR count). The van der Waals surface area contributed by atoms with Gasteiger partial charge >= 0.3 is 0 Å². The maximum atomic E-state index is 12.2. The lowest BCUT2D eigenvalue weighted by atomic mass is 9.75. The minimum Gasteiger partial charge on any atom is -0.482 e. The predicted octanol–water partition coefficient (Wildman–Crippen LogP) is 1.35. The summed E-state index contributed by atoms with van der Waals surface area (Å²) >= 11 is 0. The van der Waals surface area contributed by atoms with Gasteiger partial charge in [0.15, 0.2) is 6.61 Å². The van der Waals surface area contributed by atoms with Gasteiger partial charge in [0.1, 0.15) is 5.75 Å². The van der Waals surface area contributed by atoms with Crippen molar-refractivity contribution in [2.75, 3.05) is 6.61 Å². The Balaban J connectivity index is 1.55. The molecule has 0 spiro atoms. The summed E-state index contributed by atoms with van der Waals surface area (Å²) in [6, 6.07) is 7.40. The van der Waals surface area contributed by atoms with Gasteiger partial charge in [-0.1, -0.05) is 0 Å². The second kappa shape index (κ2) is 7.88. The van der Waals surface area contributed by atoms with E-state index in [0.29, 0.717) is 5.75 Å². The van der Waals surface area contributed by atoms with Crippen molar-refractivity contribution in [3.63, 3.8) is 0 Å². The first-order valence-electron chi connectivity index (χ1n) is 8.10. The maximum Gasteiger partial charge on any atom is 0.258 e. The molecule has 0 saturated heterocycles. The van der Waals surface area contributed by atoms with Crippen molar-refractivity contribution in [2.24, 2.45) is 5.92 Å². The fraction of sp³-hybridized carbons (Fsp3) is 0.389. The van der Waals surface area contributed by atoms with Crippen LogP contribution >= 0.6 is 0 Å². The molecule has 1 aliphatic rings. The average molecular weight is 327 g/mol. The van der Waals surface area contributed by atoms with Crippen molar-refractivity contribution < 1.29 is 14.6 Å². The third-order valence-electron chi connectivity index (χ3n) is 4.27. The van der Waals surface area contributed by atoms with E-state index in [9.17, 15) is 9.90 Å². The van der Waals surface area contributed by atoms with E-state index in [2.05, 4.69) is 15.3 Å². The Morgan fingerprint density at radius 1 is 1.25 bits per heavy atom. The molecule has 2 aromatic heterocycles. The number of ether oxygens (including phenoxy) is 1. The molecule has 1 saturated carbocycles. The molecule has 1 amide bonds. The lowest BCUT2D eigenvalue weighted by Gasteiger charge is -2.38. The molecular weight excluding hydrogens is 306 g/mol. The first-order valence-corrected chi connectivity index (χ1v) is 8.10. The Labute approximate surface area is 140 Å². The molecule has 0 unspecified atom stereocenters. The van der Waals surface area contributed by atoms with E-state index in [0.717, 1.165) is 24.8 Å². The number of aliphatic hydroxyl groups excluding tert-OH is 1. The van der Waals surface area contributed by atoms with E-state index in [1.54, 1.807) is 36.9 Å². The minimum absolute atomic E-state index is 0.0131. The Bertz CT molecular complexity index is 645. The van der Waals surface area contributed by atoms with Gasteiger partial charge in [-0.2, -0.15) is 0 Å². The number of amides is 1. The molecule has 1 fully saturated rings. The molecule has 126 valence electrons. The van der Waals surface area contributed by atoms with Crippen LogP contribution in [0, 0.1) is 5.92 Å². The zero-order valence-corrected chi connectivity index (χ0v) is 13.3. The van der Waals surface area contributed by atoms with Crippen LogP contribution in [0.1, 0.15) is 18.4 Å². The van der Waals surface area contributed by atoms with E-state index in [1.165, 1.54) is 0 Å². The molecule has 0 aliphatic heterocycles. The number of carbonyl (C=O) groups is 1. The van der Waals surface area contributed by atoms with Crippen LogP contribution in [0.15, 0.2) is 49.1 Å². The van der Waals surface area contributed by atoms with Gasteiger partial charge in [0.05, 0.1) is 12.3 Å². The fourth-order valence-electron chi connectivity index (χ4n) is 2.90. The number of rotatable bonds is 7. The Morgan fingerprint density at radius 3 is 2.71 bits per heavy atom. The van der Waals surface area contributed by atoms with Gasteiger partial charge in [-0.15, -0.1) is 0 Å². The quantitative estimate of drug-likeness (QED) is 0.802. The van der Waals surface area contributed by atoms with Crippen LogP contribution in [0.25, 0.3) is 0 Å². The molecule has 1 aliphatic carbocycles. The van der Waals surface area contributed by atoms with Crippen LogP contribution in [0.3, 0.4) is 0 Å². The summed E-state index contributed by atoms with van der Waals surface area (Å²) in [5.41, 5.74) is 1.12. The summed E-state index contributed by atoms with van der Waals surface area (Å²) in [6.45, 7) is -0.0478. The van der Waals surface area contributed by atoms with Crippen molar-refractivity contribution in [2.45, 2.75) is 31.4 Å². The number of aromatic nitrogens is 2. The Kier molecular flexibility index (Phi) is 5.38. The third-order valence-corrected chi connectivity index (χ3v) is 4.27. The van der Waals surface area contributed by atoms with Crippen LogP contribution in [0.4, 0.5) is 0 Å². The largest absolute Gasteiger partial charge is 0.482 e. The predicted molar refractivity (Wildman–Crippen MR) is 88.3 cm³/mol. The third kappa shape index (κ3) is 4.52. The summed E-state index contributed by atoms with van der Waals surface area (Å²) in [5, 5.41) is 12.6. The normalized spacial score (nSPS) is 20.7. The van der Waals surface area contributed by atoms with Gasteiger partial charge in [-0.3, -0.25) is 14.8 Å². The number of aliphatic hydroxyl groups is 1. The molecule has 0 bridgehead atoms. The van der Waals surface area contributed by atoms with Crippen LogP contribution < -0.4 is 10.1 Å². The molecule has 6 nitrogen and oxygen atoms in total. The SMILES string of the molecule is O=C(COc1cccnc1)N[C@@H](Cc1ccncc1)C1CC(O)C1. The summed E-state index contributed by atoms with van der Waals surface area (Å²) in [7, 11) is 0. The molecule has 0 radical (unpaired) electrons. The van der Waals surface area contributed by atoms with Crippen LogP contribution in [-0.2, 0) is 11.2 Å². The average Bonchev–Trinajstić information content (AvgIpc) is 2.58. The van der Waals surface area contributed by atoms with Crippen molar-refractivity contribution in [1.29, 1.82) is 0 Å². The van der Waals surface area contributed by atoms with Gasteiger partial charge in [0, 0.05) is 24.6 Å². The Morgan fingerprint density at radius 2 is 2.04 bits per heavy atom. The van der Waals surface area contributed by atoms with E-state index in [1.807, 2.05) is 12.1 Å². The second-order valence-electron chi connectivity index (χ2n) is 6.10. The highest BCUT2D eigenvalue weighted by Crippen LogP contribution is 2.31. The minimum atomic E-state index is -0.251. The van der Waals surface area contributed by atoms with E-state index < -0.39 is 0 Å². The summed E-state index contributed by atoms with van der Waals surface area (Å²) in [6.07, 6.45) is 8.63. The molecular formula is C18H21N3O3. The first-order chi connectivity index (χ1) is 11.7. The molecule has 1 atom stereocenters. The molecule has 2 aromatic rings. The molecule has 2 N–H and O–H groups in total. The molecule has 24 heavy (non-hydrogen) atoms. The molecule has 0 aromatic carbocycles. The van der Waals surface area contributed by atoms with Crippen molar-refractivity contribution in [3.05, 3.63) is 54.6 Å². The zero-order chi connectivity index (χ0) is 16.8. The second-order valence-corrected chi connectivity index (χ2v) is 6.10. The van der Waals surface area contributed by atoms with Gasteiger partial charge in [-0.25, -0.2) is 0 Å². The molecule has 6 heteroatoms. The number of hydrogen-bond donors (Lipinski definition) is 2. The van der Waals surface area contributed by atoms with E-state index in [-0.39, 0.29) is 30.6 Å². The highest BCUT2D eigenvalue weighted by molar-refractivity contribution is 5.77. The molecule has 2 heterocycles. The van der Waals surface area contributed by atoms with Crippen molar-refractivity contribution in [1.82, 2.24) is 15.3 Å². The summed E-state index contributed by atoms with van der Waals surface area (Å²) < 4.78 is 5.44. The fourth-order valence-corrected chi connectivity index (χ4v) is 2.90. The maximum absolute atomic E-state index is 12.2. The highest BCUT2D eigenvalue weighted by atomic mass is 16.5. The summed E-state index contributed by atoms with van der Waals surface area (Å²) in [4.78, 5) is 20.2. The monoisotopic (exact) mass is 327 g/mol. The number of hydrogen-bond acceptors (Lipinski definition) is 5. The zero-order valence-electron chi connectivity index (χ0n) is 13.3. The standard InChI is InChI=1S/C18H21N3O3/c22-15-9-14(10-15)17(8-13-3-6-19-7-4-13)21-18(23)12-24-16-2-1-5-20-11-16/h1-7,11,14-15,17,22H,8-10,12H2,(H,21,23)/t14?,15?,17-/m0/s1. The van der Waals surface area contributed by atoms with Gasteiger partial charge in [0.2, 0.25) is 0 Å². The van der Waals surface area contributed by atoms with Crippen LogP contribution in [0.2, 0.25) is 0 Å². The van der Waals surface area contributed by atoms with E-state index in [4.69, 9.17) is 4.74 Å². The van der Waals surface area contributed by atoms with Gasteiger partial charge in [0.25, 0.3) is 5.91 Å². The van der Waals surface area contributed by atoms with Gasteiger partial charge < -0.3 is 15.2 Å². The van der Waals surface area contributed by atoms with E-state index >= 15 is 0 Å². The first kappa shape index (κ1) is 16.4. The lowest BCUT2D eigenvalue weighted by molar-refractivity contribution is -0.124. The topological polar surface area (TPSA) is 84.3 Å². The number of carbonyl (C=O) groups excluding carboxylic acids is 1. The van der Waals surface area contributed by atoms with Crippen LogP contribution in [0.5, 0.6) is 5.75 Å². The number of nitrogens with one attached hydrogen (secondary N) is 1. The van der Waals surface area contributed by atoms with Crippen molar-refractivity contribution in [3.8, 4) is 5.75 Å². The van der Waals surface area contributed by atoms with Crippen LogP contribution in [-0.4, -0.2) is 39.7 Å². The highest BCUT2D eigenvalue weighted by Gasteiger charge is 2.34.